The minimum Gasteiger partial charge on any atom is -0.343 e. The Morgan fingerprint density at radius 3 is 2.44 bits per heavy atom. The third-order valence-electron chi connectivity index (χ3n) is 5.06. The van der Waals surface area contributed by atoms with E-state index in [2.05, 4.69) is 20.4 Å². The van der Waals surface area contributed by atoms with Gasteiger partial charge in [-0.25, -0.2) is 5.10 Å². The molecule has 1 saturated heterocycles. The number of carbonyl (C=O) groups excluding carboxylic acids is 1. The molecule has 0 aliphatic carbocycles. The third-order valence-corrected chi connectivity index (χ3v) is 5.06. The standard InChI is InChI=1S/C21H22N4O2/c26-20-17-11-5-4-10-16(17)19(23-24-20)21(27)22-18(14-25-12-6-7-13-25)15-8-2-1-3-9-15/h1-5,8-11,18H,6-7,12-14H2,(H,22,27)(H,24,26). The Labute approximate surface area is 157 Å². The third kappa shape index (κ3) is 3.75. The Morgan fingerprint density at radius 2 is 1.70 bits per heavy atom. The van der Waals surface area contributed by atoms with Crippen LogP contribution in [0, 0.1) is 0 Å². The largest absolute Gasteiger partial charge is 0.343 e. The molecule has 6 heteroatoms. The van der Waals surface area contributed by atoms with E-state index < -0.39 is 0 Å². The normalized spacial score (nSPS) is 15.7. The van der Waals surface area contributed by atoms with Gasteiger partial charge in [-0.2, -0.15) is 5.10 Å². The molecule has 1 amide bonds. The summed E-state index contributed by atoms with van der Waals surface area (Å²) in [6.07, 6.45) is 2.39. The molecule has 1 unspecified atom stereocenters. The number of fused-ring (bicyclic) bond motifs is 1. The van der Waals surface area contributed by atoms with Crippen molar-refractivity contribution in [3.63, 3.8) is 0 Å². The van der Waals surface area contributed by atoms with Crippen molar-refractivity contribution in [3.8, 4) is 0 Å². The van der Waals surface area contributed by atoms with Gasteiger partial charge < -0.3 is 10.2 Å². The molecule has 0 spiro atoms. The Kier molecular flexibility index (Phi) is 4.98. The van der Waals surface area contributed by atoms with Gasteiger partial charge in [-0.15, -0.1) is 0 Å². The molecule has 3 aromatic rings. The van der Waals surface area contributed by atoms with Crippen molar-refractivity contribution >= 4 is 16.7 Å². The van der Waals surface area contributed by atoms with Crippen LogP contribution in [0.1, 0.15) is 34.9 Å². The molecule has 1 fully saturated rings. The van der Waals surface area contributed by atoms with Crippen LogP contribution >= 0.6 is 0 Å². The highest BCUT2D eigenvalue weighted by Gasteiger charge is 2.23. The first-order chi connectivity index (χ1) is 13.2. The zero-order valence-corrected chi connectivity index (χ0v) is 15.0. The van der Waals surface area contributed by atoms with E-state index in [1.807, 2.05) is 30.3 Å². The number of carbonyl (C=O) groups is 1. The van der Waals surface area contributed by atoms with E-state index in [4.69, 9.17) is 0 Å². The Morgan fingerprint density at radius 1 is 1.04 bits per heavy atom. The molecule has 4 rings (SSSR count). The van der Waals surface area contributed by atoms with Gasteiger partial charge in [-0.1, -0.05) is 48.5 Å². The number of hydrogen-bond acceptors (Lipinski definition) is 4. The summed E-state index contributed by atoms with van der Waals surface area (Å²) in [5.41, 5.74) is 1.01. The number of likely N-dealkylation sites (tertiary alicyclic amines) is 1. The zero-order chi connectivity index (χ0) is 18.6. The van der Waals surface area contributed by atoms with Crippen molar-refractivity contribution in [1.29, 1.82) is 0 Å². The van der Waals surface area contributed by atoms with E-state index in [-0.39, 0.29) is 23.2 Å². The molecule has 2 N–H and O–H groups in total. The number of rotatable bonds is 5. The molecule has 2 heterocycles. The van der Waals surface area contributed by atoms with Crippen molar-refractivity contribution < 1.29 is 4.79 Å². The SMILES string of the molecule is O=C(NC(CN1CCCC1)c1ccccc1)c1n[nH]c(=O)c2ccccc12. The maximum atomic E-state index is 13.0. The fourth-order valence-corrected chi connectivity index (χ4v) is 3.66. The second kappa shape index (κ2) is 7.72. The van der Waals surface area contributed by atoms with E-state index >= 15 is 0 Å². The highest BCUT2D eigenvalue weighted by Crippen LogP contribution is 2.19. The second-order valence-electron chi connectivity index (χ2n) is 6.89. The van der Waals surface area contributed by atoms with Crippen LogP contribution in [0.25, 0.3) is 10.8 Å². The van der Waals surface area contributed by atoms with Crippen LogP contribution in [-0.4, -0.2) is 40.6 Å². The van der Waals surface area contributed by atoms with E-state index in [1.165, 1.54) is 12.8 Å². The van der Waals surface area contributed by atoms with E-state index in [0.29, 0.717) is 10.8 Å². The lowest BCUT2D eigenvalue weighted by molar-refractivity contribution is 0.0923. The van der Waals surface area contributed by atoms with Gasteiger partial charge in [-0.05, 0) is 37.6 Å². The molecule has 1 aliphatic heterocycles. The van der Waals surface area contributed by atoms with Crippen molar-refractivity contribution in [2.24, 2.45) is 0 Å². The molecule has 0 bridgehead atoms. The predicted octanol–water partition coefficient (Wildman–Crippen LogP) is 2.49. The van der Waals surface area contributed by atoms with Crippen molar-refractivity contribution in [1.82, 2.24) is 20.4 Å². The van der Waals surface area contributed by atoms with Gasteiger partial charge in [0.2, 0.25) is 0 Å². The lowest BCUT2D eigenvalue weighted by Crippen LogP contribution is -2.37. The quantitative estimate of drug-likeness (QED) is 0.731. The average molecular weight is 362 g/mol. The molecule has 0 radical (unpaired) electrons. The van der Waals surface area contributed by atoms with Crippen LogP contribution in [0.5, 0.6) is 0 Å². The van der Waals surface area contributed by atoms with E-state index in [0.717, 1.165) is 25.2 Å². The monoisotopic (exact) mass is 362 g/mol. The fourth-order valence-electron chi connectivity index (χ4n) is 3.66. The number of hydrogen-bond donors (Lipinski definition) is 2. The Bertz CT molecular complexity index is 994. The average Bonchev–Trinajstić information content (AvgIpc) is 3.22. The Hall–Kier alpha value is -2.99. The van der Waals surface area contributed by atoms with Crippen LogP contribution in [0.2, 0.25) is 0 Å². The summed E-state index contributed by atoms with van der Waals surface area (Å²) in [5, 5.41) is 10.6. The van der Waals surface area contributed by atoms with Gasteiger partial charge in [-0.3, -0.25) is 9.59 Å². The van der Waals surface area contributed by atoms with Crippen molar-refractivity contribution in [2.75, 3.05) is 19.6 Å². The molecule has 27 heavy (non-hydrogen) atoms. The lowest BCUT2D eigenvalue weighted by Gasteiger charge is -2.25. The summed E-state index contributed by atoms with van der Waals surface area (Å²) in [4.78, 5) is 27.4. The first-order valence-corrected chi connectivity index (χ1v) is 9.28. The first kappa shape index (κ1) is 17.4. The fraction of sp³-hybridized carbons (Fsp3) is 0.286. The number of amides is 1. The maximum Gasteiger partial charge on any atom is 0.272 e. The van der Waals surface area contributed by atoms with Gasteiger partial charge >= 0.3 is 0 Å². The first-order valence-electron chi connectivity index (χ1n) is 9.28. The number of nitrogens with zero attached hydrogens (tertiary/aromatic N) is 2. The molecule has 1 aliphatic rings. The zero-order valence-electron chi connectivity index (χ0n) is 15.0. The summed E-state index contributed by atoms with van der Waals surface area (Å²) >= 11 is 0. The van der Waals surface area contributed by atoms with Crippen LogP contribution in [0.15, 0.2) is 59.4 Å². The van der Waals surface area contributed by atoms with E-state index in [1.54, 1.807) is 24.3 Å². The molecular formula is C21H22N4O2. The number of benzene rings is 2. The van der Waals surface area contributed by atoms with E-state index in [9.17, 15) is 9.59 Å². The molecule has 138 valence electrons. The number of nitrogens with one attached hydrogen (secondary N) is 2. The summed E-state index contributed by atoms with van der Waals surface area (Å²) in [5.74, 6) is -0.282. The van der Waals surface area contributed by atoms with Gasteiger partial charge in [0.25, 0.3) is 11.5 Å². The molecule has 0 saturated carbocycles. The second-order valence-corrected chi connectivity index (χ2v) is 6.89. The summed E-state index contributed by atoms with van der Waals surface area (Å²) in [6, 6.07) is 16.9. The Balaban J connectivity index is 1.64. The summed E-state index contributed by atoms with van der Waals surface area (Å²) in [7, 11) is 0. The number of H-pyrrole nitrogens is 1. The minimum atomic E-state index is -0.293. The van der Waals surface area contributed by atoms with Crippen LogP contribution in [0.3, 0.4) is 0 Å². The van der Waals surface area contributed by atoms with Crippen LogP contribution in [-0.2, 0) is 0 Å². The van der Waals surface area contributed by atoms with Crippen molar-refractivity contribution in [2.45, 2.75) is 18.9 Å². The molecule has 1 atom stereocenters. The molecule has 1 aromatic heterocycles. The smallest absolute Gasteiger partial charge is 0.272 e. The van der Waals surface area contributed by atoms with Gasteiger partial charge in [0.15, 0.2) is 5.69 Å². The lowest BCUT2D eigenvalue weighted by atomic mass is 10.1. The molecule has 2 aromatic carbocycles. The van der Waals surface area contributed by atoms with Gasteiger partial charge in [0, 0.05) is 11.9 Å². The summed E-state index contributed by atoms with van der Waals surface area (Å²) < 4.78 is 0. The number of aromatic amines is 1. The van der Waals surface area contributed by atoms with Crippen LogP contribution in [0.4, 0.5) is 0 Å². The van der Waals surface area contributed by atoms with Gasteiger partial charge in [0.1, 0.15) is 0 Å². The highest BCUT2D eigenvalue weighted by molar-refractivity contribution is 6.04. The maximum absolute atomic E-state index is 13.0. The van der Waals surface area contributed by atoms with Gasteiger partial charge in [0.05, 0.1) is 11.4 Å². The van der Waals surface area contributed by atoms with Crippen LogP contribution < -0.4 is 10.9 Å². The highest BCUT2D eigenvalue weighted by atomic mass is 16.2. The molecular weight excluding hydrogens is 340 g/mol. The number of aromatic nitrogens is 2. The minimum absolute atomic E-state index is 0.135. The summed E-state index contributed by atoms with van der Waals surface area (Å²) in [6.45, 7) is 2.87. The van der Waals surface area contributed by atoms with Crippen molar-refractivity contribution in [3.05, 3.63) is 76.2 Å². The molecule has 6 nitrogen and oxygen atoms in total. The predicted molar refractivity (Wildman–Crippen MR) is 105 cm³/mol. The topological polar surface area (TPSA) is 78.1 Å².